The molecule has 0 fully saturated rings. The molecule has 0 aliphatic heterocycles. The lowest BCUT2D eigenvalue weighted by Crippen LogP contribution is -2.39. The summed E-state index contributed by atoms with van der Waals surface area (Å²) in [4.78, 5) is 23.2. The smallest absolute Gasteiger partial charge is 0.328 e. The van der Waals surface area contributed by atoms with Crippen molar-refractivity contribution < 1.29 is 14.3 Å². The number of hydrogen-bond acceptors (Lipinski definition) is 4. The minimum atomic E-state index is -0.612. The van der Waals surface area contributed by atoms with Crippen molar-refractivity contribution in [2.24, 2.45) is 7.05 Å². The fourth-order valence-corrected chi connectivity index (χ4v) is 2.06. The van der Waals surface area contributed by atoms with Gasteiger partial charge in [0.25, 0.3) is 0 Å². The Morgan fingerprint density at radius 3 is 2.55 bits per heavy atom. The SMILES string of the molecule is CCOC(=O)C(C)NC(=O)CCc1c(C)nn(C)c1C. The third-order valence-electron chi connectivity index (χ3n) is 3.28. The second-order valence-corrected chi connectivity index (χ2v) is 4.81. The number of hydrogen-bond donors (Lipinski definition) is 1. The highest BCUT2D eigenvalue weighted by atomic mass is 16.5. The van der Waals surface area contributed by atoms with Gasteiger partial charge in [-0.15, -0.1) is 0 Å². The molecule has 0 spiro atoms. The summed E-state index contributed by atoms with van der Waals surface area (Å²) >= 11 is 0. The first kappa shape index (κ1) is 16.2. The molecule has 20 heavy (non-hydrogen) atoms. The third kappa shape index (κ3) is 4.08. The van der Waals surface area contributed by atoms with E-state index in [0.29, 0.717) is 19.4 Å². The van der Waals surface area contributed by atoms with Crippen LogP contribution in [0.5, 0.6) is 0 Å². The summed E-state index contributed by atoms with van der Waals surface area (Å²) in [6, 6.07) is -0.612. The van der Waals surface area contributed by atoms with Crippen LogP contribution in [0.4, 0.5) is 0 Å². The van der Waals surface area contributed by atoms with E-state index in [1.165, 1.54) is 0 Å². The van der Waals surface area contributed by atoms with Gasteiger partial charge in [0.15, 0.2) is 0 Å². The topological polar surface area (TPSA) is 73.2 Å². The average molecular weight is 281 g/mol. The van der Waals surface area contributed by atoms with Gasteiger partial charge in [0.05, 0.1) is 12.3 Å². The molecule has 1 atom stereocenters. The summed E-state index contributed by atoms with van der Waals surface area (Å²) < 4.78 is 6.65. The molecule has 0 saturated heterocycles. The second-order valence-electron chi connectivity index (χ2n) is 4.81. The maximum Gasteiger partial charge on any atom is 0.328 e. The summed E-state index contributed by atoms with van der Waals surface area (Å²) in [5.41, 5.74) is 3.09. The number of aryl methyl sites for hydroxylation is 2. The molecule has 0 aliphatic carbocycles. The van der Waals surface area contributed by atoms with Crippen LogP contribution in [0.2, 0.25) is 0 Å². The molecule has 1 heterocycles. The fourth-order valence-electron chi connectivity index (χ4n) is 2.06. The van der Waals surface area contributed by atoms with E-state index in [1.54, 1.807) is 13.8 Å². The number of ether oxygens (including phenoxy) is 1. The Balaban J connectivity index is 2.49. The van der Waals surface area contributed by atoms with Crippen LogP contribution in [-0.4, -0.2) is 34.3 Å². The first-order chi connectivity index (χ1) is 9.36. The minimum Gasteiger partial charge on any atom is -0.464 e. The number of nitrogens with zero attached hydrogens (tertiary/aromatic N) is 2. The molecule has 112 valence electrons. The molecule has 1 aromatic rings. The highest BCUT2D eigenvalue weighted by Gasteiger charge is 2.17. The van der Waals surface area contributed by atoms with Crippen molar-refractivity contribution in [2.75, 3.05) is 6.61 Å². The van der Waals surface area contributed by atoms with E-state index in [4.69, 9.17) is 4.74 Å². The minimum absolute atomic E-state index is 0.159. The van der Waals surface area contributed by atoms with E-state index in [9.17, 15) is 9.59 Å². The van der Waals surface area contributed by atoms with Crippen molar-refractivity contribution in [3.8, 4) is 0 Å². The van der Waals surface area contributed by atoms with Gasteiger partial charge in [-0.05, 0) is 39.7 Å². The predicted octanol–water partition coefficient (Wildman–Crippen LogP) is 1.04. The summed E-state index contributed by atoms with van der Waals surface area (Å²) in [5.74, 6) is -0.567. The first-order valence-corrected chi connectivity index (χ1v) is 6.81. The van der Waals surface area contributed by atoms with E-state index >= 15 is 0 Å². The third-order valence-corrected chi connectivity index (χ3v) is 3.28. The van der Waals surface area contributed by atoms with Crippen molar-refractivity contribution in [2.45, 2.75) is 46.6 Å². The first-order valence-electron chi connectivity index (χ1n) is 6.81. The molecule has 6 heteroatoms. The van der Waals surface area contributed by atoms with E-state index in [0.717, 1.165) is 17.0 Å². The molecule has 1 aromatic heterocycles. The quantitative estimate of drug-likeness (QED) is 0.791. The zero-order valence-corrected chi connectivity index (χ0v) is 12.8. The lowest BCUT2D eigenvalue weighted by molar-refractivity contribution is -0.146. The van der Waals surface area contributed by atoms with Gasteiger partial charge in [-0.25, -0.2) is 4.79 Å². The van der Waals surface area contributed by atoms with Crippen LogP contribution in [0.25, 0.3) is 0 Å². The fraction of sp³-hybridized carbons (Fsp3) is 0.643. The van der Waals surface area contributed by atoms with Gasteiger partial charge in [-0.1, -0.05) is 0 Å². The number of amides is 1. The van der Waals surface area contributed by atoms with Gasteiger partial charge in [0.2, 0.25) is 5.91 Å². The van der Waals surface area contributed by atoms with Gasteiger partial charge >= 0.3 is 5.97 Å². The molecule has 0 saturated carbocycles. The van der Waals surface area contributed by atoms with Gasteiger partial charge in [-0.3, -0.25) is 9.48 Å². The largest absolute Gasteiger partial charge is 0.464 e. The Morgan fingerprint density at radius 2 is 2.05 bits per heavy atom. The average Bonchev–Trinajstić information content (AvgIpc) is 2.61. The number of rotatable bonds is 6. The molecule has 1 unspecified atom stereocenters. The number of esters is 1. The van der Waals surface area contributed by atoms with Gasteiger partial charge in [-0.2, -0.15) is 5.10 Å². The lowest BCUT2D eigenvalue weighted by Gasteiger charge is -2.12. The Labute approximate surface area is 119 Å². The molecule has 0 radical (unpaired) electrons. The molecule has 1 rings (SSSR count). The van der Waals surface area contributed by atoms with Crippen molar-refractivity contribution in [3.05, 3.63) is 17.0 Å². The lowest BCUT2D eigenvalue weighted by atomic mass is 10.1. The highest BCUT2D eigenvalue weighted by Crippen LogP contribution is 2.13. The number of carbonyl (C=O) groups is 2. The summed E-state index contributed by atoms with van der Waals surface area (Å²) in [5, 5.41) is 6.95. The summed E-state index contributed by atoms with van der Waals surface area (Å²) in [6.45, 7) is 7.58. The maximum atomic E-state index is 11.8. The molecular weight excluding hydrogens is 258 g/mol. The molecule has 6 nitrogen and oxygen atoms in total. The summed E-state index contributed by atoms with van der Waals surface area (Å²) in [7, 11) is 1.88. The van der Waals surface area contributed by atoms with Crippen LogP contribution in [0.3, 0.4) is 0 Å². The summed E-state index contributed by atoms with van der Waals surface area (Å²) in [6.07, 6.45) is 0.948. The Bertz CT molecular complexity index is 494. The molecule has 0 bridgehead atoms. The number of carbonyl (C=O) groups excluding carboxylic acids is 2. The van der Waals surface area contributed by atoms with Gasteiger partial charge in [0, 0.05) is 19.2 Å². The van der Waals surface area contributed by atoms with Gasteiger partial charge < -0.3 is 10.1 Å². The van der Waals surface area contributed by atoms with E-state index in [2.05, 4.69) is 10.4 Å². The number of aromatic nitrogens is 2. The van der Waals surface area contributed by atoms with E-state index in [-0.39, 0.29) is 5.91 Å². The molecular formula is C14H23N3O3. The zero-order chi connectivity index (χ0) is 15.3. The van der Waals surface area contributed by atoms with Gasteiger partial charge in [0.1, 0.15) is 6.04 Å². The van der Waals surface area contributed by atoms with Crippen LogP contribution < -0.4 is 5.32 Å². The van der Waals surface area contributed by atoms with Crippen LogP contribution in [0.15, 0.2) is 0 Å². The van der Waals surface area contributed by atoms with Crippen molar-refractivity contribution in [1.29, 1.82) is 0 Å². The van der Waals surface area contributed by atoms with E-state index in [1.807, 2.05) is 25.6 Å². The molecule has 0 aromatic carbocycles. The Hall–Kier alpha value is -1.85. The number of nitrogens with one attached hydrogen (secondary N) is 1. The highest BCUT2D eigenvalue weighted by molar-refractivity contribution is 5.84. The van der Waals surface area contributed by atoms with Crippen LogP contribution in [-0.2, 0) is 27.8 Å². The Kier molecular flexibility index (Phi) is 5.73. The van der Waals surface area contributed by atoms with E-state index < -0.39 is 12.0 Å². The molecule has 1 amide bonds. The van der Waals surface area contributed by atoms with Crippen LogP contribution in [0.1, 0.15) is 37.2 Å². The zero-order valence-electron chi connectivity index (χ0n) is 12.8. The van der Waals surface area contributed by atoms with Crippen molar-refractivity contribution in [3.63, 3.8) is 0 Å². The van der Waals surface area contributed by atoms with Crippen molar-refractivity contribution >= 4 is 11.9 Å². The normalized spacial score (nSPS) is 12.1. The maximum absolute atomic E-state index is 11.8. The second kappa shape index (κ2) is 7.07. The molecule has 0 aliphatic rings. The predicted molar refractivity (Wildman–Crippen MR) is 75.2 cm³/mol. The van der Waals surface area contributed by atoms with Crippen LogP contribution in [0, 0.1) is 13.8 Å². The standard InChI is InChI=1S/C14H23N3O3/c1-6-20-14(19)10(3)15-13(18)8-7-12-9(2)16-17(5)11(12)4/h10H,6-8H2,1-5H3,(H,15,18). The Morgan fingerprint density at radius 1 is 1.40 bits per heavy atom. The molecule has 1 N–H and O–H groups in total. The van der Waals surface area contributed by atoms with Crippen molar-refractivity contribution in [1.82, 2.24) is 15.1 Å². The monoisotopic (exact) mass is 281 g/mol. The van der Waals surface area contributed by atoms with Crippen LogP contribution >= 0.6 is 0 Å².